The maximum Gasteiger partial charge on any atom is 0.186 e. The molecule has 1 aliphatic rings. The first kappa shape index (κ1) is 20.7. The van der Waals surface area contributed by atoms with Crippen LogP contribution in [-0.2, 0) is 6.54 Å². The van der Waals surface area contributed by atoms with Crippen molar-refractivity contribution in [2.75, 3.05) is 26.2 Å². The summed E-state index contributed by atoms with van der Waals surface area (Å²) in [5, 5.41) is 1.01. The maximum atomic E-state index is 14.0. The molecular weight excluding hydrogens is 394 g/mol. The SMILES string of the molecule is Cc1[nH]c2ccccc2c1C(=O)[C@@H](c1ccccc1)N1CCN(Cc2ccccc2)CC1. The van der Waals surface area contributed by atoms with Crippen molar-refractivity contribution in [3.8, 4) is 0 Å². The van der Waals surface area contributed by atoms with Crippen LogP contribution in [0, 0.1) is 6.92 Å². The molecule has 3 aromatic carbocycles. The molecule has 4 aromatic rings. The monoisotopic (exact) mass is 423 g/mol. The summed E-state index contributed by atoms with van der Waals surface area (Å²) in [4.78, 5) is 22.3. The van der Waals surface area contributed by atoms with E-state index in [9.17, 15) is 4.79 Å². The smallest absolute Gasteiger partial charge is 0.186 e. The van der Waals surface area contributed by atoms with Gasteiger partial charge in [-0.3, -0.25) is 14.6 Å². The molecule has 0 radical (unpaired) electrons. The van der Waals surface area contributed by atoms with Crippen LogP contribution < -0.4 is 0 Å². The van der Waals surface area contributed by atoms with Gasteiger partial charge in [-0.1, -0.05) is 78.9 Å². The lowest BCUT2D eigenvalue weighted by atomic mass is 9.93. The van der Waals surface area contributed by atoms with Crippen LogP contribution in [0.2, 0.25) is 0 Å². The van der Waals surface area contributed by atoms with Gasteiger partial charge < -0.3 is 4.98 Å². The van der Waals surface area contributed by atoms with E-state index in [2.05, 4.69) is 57.2 Å². The van der Waals surface area contributed by atoms with Gasteiger partial charge in [-0.15, -0.1) is 0 Å². The summed E-state index contributed by atoms with van der Waals surface area (Å²) in [6, 6.07) is 28.7. The van der Waals surface area contributed by atoms with Gasteiger partial charge >= 0.3 is 0 Å². The number of H-pyrrole nitrogens is 1. The van der Waals surface area contributed by atoms with Gasteiger partial charge in [-0.05, 0) is 24.1 Å². The molecule has 1 aromatic heterocycles. The van der Waals surface area contributed by atoms with E-state index in [0.717, 1.165) is 60.4 Å². The number of piperazine rings is 1. The van der Waals surface area contributed by atoms with E-state index >= 15 is 0 Å². The molecule has 5 rings (SSSR count). The lowest BCUT2D eigenvalue weighted by Gasteiger charge is -2.39. The van der Waals surface area contributed by atoms with Crippen LogP contribution in [0.3, 0.4) is 0 Å². The van der Waals surface area contributed by atoms with E-state index in [-0.39, 0.29) is 11.8 Å². The molecule has 1 saturated heterocycles. The van der Waals surface area contributed by atoms with Gasteiger partial charge in [0.1, 0.15) is 0 Å². The highest BCUT2D eigenvalue weighted by Crippen LogP contribution is 2.31. The van der Waals surface area contributed by atoms with Crippen molar-refractivity contribution in [3.63, 3.8) is 0 Å². The molecule has 32 heavy (non-hydrogen) atoms. The molecule has 1 fully saturated rings. The zero-order valence-electron chi connectivity index (χ0n) is 18.5. The van der Waals surface area contributed by atoms with Crippen molar-refractivity contribution < 1.29 is 4.79 Å². The molecule has 1 aliphatic heterocycles. The fourth-order valence-electron chi connectivity index (χ4n) is 4.92. The first-order valence-electron chi connectivity index (χ1n) is 11.4. The average molecular weight is 424 g/mol. The number of aromatic nitrogens is 1. The second-order valence-electron chi connectivity index (χ2n) is 8.65. The number of carbonyl (C=O) groups excluding carboxylic acids is 1. The van der Waals surface area contributed by atoms with E-state index in [0.29, 0.717) is 0 Å². The zero-order valence-corrected chi connectivity index (χ0v) is 18.5. The van der Waals surface area contributed by atoms with Crippen LogP contribution in [0.25, 0.3) is 10.9 Å². The summed E-state index contributed by atoms with van der Waals surface area (Å²) in [5.74, 6) is 0.183. The van der Waals surface area contributed by atoms with E-state index in [1.807, 2.05) is 49.4 Å². The Kier molecular flexibility index (Phi) is 5.89. The van der Waals surface area contributed by atoms with Gasteiger partial charge in [0.25, 0.3) is 0 Å². The second kappa shape index (κ2) is 9.11. The molecule has 0 spiro atoms. The number of nitrogens with zero attached hydrogens (tertiary/aromatic N) is 2. The van der Waals surface area contributed by atoms with Gasteiger partial charge in [0, 0.05) is 54.9 Å². The Morgan fingerprint density at radius 2 is 1.47 bits per heavy atom. The van der Waals surface area contributed by atoms with Gasteiger partial charge in [0.15, 0.2) is 5.78 Å². The molecule has 0 amide bonds. The number of Topliss-reactive ketones (excluding diaryl/α,β-unsaturated/α-hetero) is 1. The van der Waals surface area contributed by atoms with Crippen LogP contribution >= 0.6 is 0 Å². The number of rotatable bonds is 6. The lowest BCUT2D eigenvalue weighted by Crippen LogP contribution is -2.48. The Morgan fingerprint density at radius 3 is 2.19 bits per heavy atom. The fraction of sp³-hybridized carbons (Fsp3) is 0.250. The molecule has 0 unspecified atom stereocenters. The quantitative estimate of drug-likeness (QED) is 0.432. The van der Waals surface area contributed by atoms with Crippen LogP contribution in [0.1, 0.15) is 33.2 Å². The van der Waals surface area contributed by atoms with Gasteiger partial charge in [-0.25, -0.2) is 0 Å². The van der Waals surface area contributed by atoms with Crippen molar-refractivity contribution in [1.29, 1.82) is 0 Å². The standard InChI is InChI=1S/C28H29N3O/c1-21-26(24-14-8-9-15-25(24)29-21)28(32)27(23-12-6-3-7-13-23)31-18-16-30(17-19-31)20-22-10-4-2-5-11-22/h2-15,27,29H,16-20H2,1H3/t27-/m1/s1. The molecule has 1 atom stereocenters. The van der Waals surface area contributed by atoms with E-state index in [1.54, 1.807) is 0 Å². The highest BCUT2D eigenvalue weighted by molar-refractivity contribution is 6.11. The Labute approximate surface area is 189 Å². The number of ketones is 1. The molecular formula is C28H29N3O. The molecule has 0 saturated carbocycles. The lowest BCUT2D eigenvalue weighted by molar-refractivity contribution is 0.0651. The number of nitrogens with one attached hydrogen (secondary N) is 1. The molecule has 0 aliphatic carbocycles. The Morgan fingerprint density at radius 1 is 0.844 bits per heavy atom. The molecule has 162 valence electrons. The van der Waals surface area contributed by atoms with Crippen LogP contribution in [-0.4, -0.2) is 46.7 Å². The second-order valence-corrected chi connectivity index (χ2v) is 8.65. The third-order valence-electron chi connectivity index (χ3n) is 6.52. The molecule has 4 nitrogen and oxygen atoms in total. The third kappa shape index (κ3) is 4.12. The molecule has 2 heterocycles. The van der Waals surface area contributed by atoms with Crippen molar-refractivity contribution in [3.05, 3.63) is 107 Å². The minimum atomic E-state index is -0.270. The van der Waals surface area contributed by atoms with Crippen molar-refractivity contribution in [2.45, 2.75) is 19.5 Å². The number of aryl methyl sites for hydroxylation is 1. The normalized spacial score (nSPS) is 16.3. The highest BCUT2D eigenvalue weighted by Gasteiger charge is 2.33. The first-order valence-corrected chi connectivity index (χ1v) is 11.4. The summed E-state index contributed by atoms with van der Waals surface area (Å²) in [7, 11) is 0. The molecule has 1 N–H and O–H groups in total. The number of fused-ring (bicyclic) bond motifs is 1. The summed E-state index contributed by atoms with van der Waals surface area (Å²) >= 11 is 0. The van der Waals surface area contributed by atoms with E-state index < -0.39 is 0 Å². The third-order valence-corrected chi connectivity index (χ3v) is 6.52. The number of aromatic amines is 1. The van der Waals surface area contributed by atoms with Crippen LogP contribution in [0.4, 0.5) is 0 Å². The minimum absolute atomic E-state index is 0.183. The summed E-state index contributed by atoms with van der Waals surface area (Å²) in [5.41, 5.74) is 5.19. The van der Waals surface area contributed by atoms with Crippen molar-refractivity contribution >= 4 is 16.7 Å². The van der Waals surface area contributed by atoms with Crippen molar-refractivity contribution in [2.24, 2.45) is 0 Å². The Balaban J connectivity index is 1.41. The number of carbonyl (C=O) groups is 1. The van der Waals surface area contributed by atoms with Crippen LogP contribution in [0.5, 0.6) is 0 Å². The van der Waals surface area contributed by atoms with E-state index in [1.165, 1.54) is 5.56 Å². The maximum absolute atomic E-state index is 14.0. The Bertz CT molecular complexity index is 1190. The van der Waals surface area contributed by atoms with Gasteiger partial charge in [0.05, 0.1) is 6.04 Å². The largest absolute Gasteiger partial charge is 0.358 e. The average Bonchev–Trinajstić information content (AvgIpc) is 3.17. The van der Waals surface area contributed by atoms with Gasteiger partial charge in [0.2, 0.25) is 0 Å². The van der Waals surface area contributed by atoms with Crippen LogP contribution in [0.15, 0.2) is 84.9 Å². The Hall–Kier alpha value is -3.21. The topological polar surface area (TPSA) is 39.3 Å². The van der Waals surface area contributed by atoms with E-state index in [4.69, 9.17) is 0 Å². The molecule has 0 bridgehead atoms. The summed E-state index contributed by atoms with van der Waals surface area (Å²) in [6.45, 7) is 6.63. The van der Waals surface area contributed by atoms with Gasteiger partial charge in [-0.2, -0.15) is 0 Å². The first-order chi connectivity index (χ1) is 15.7. The summed E-state index contributed by atoms with van der Waals surface area (Å²) < 4.78 is 0. The predicted octanol–water partition coefficient (Wildman–Crippen LogP) is 5.22. The zero-order chi connectivity index (χ0) is 21.9. The number of hydrogen-bond acceptors (Lipinski definition) is 3. The number of benzene rings is 3. The predicted molar refractivity (Wildman–Crippen MR) is 130 cm³/mol. The number of hydrogen-bond donors (Lipinski definition) is 1. The molecule has 4 heteroatoms. The summed E-state index contributed by atoms with van der Waals surface area (Å²) in [6.07, 6.45) is 0. The fourth-order valence-corrected chi connectivity index (χ4v) is 4.92. The minimum Gasteiger partial charge on any atom is -0.358 e. The number of para-hydroxylation sites is 1. The highest BCUT2D eigenvalue weighted by atomic mass is 16.1. The van der Waals surface area contributed by atoms with Crippen molar-refractivity contribution in [1.82, 2.24) is 14.8 Å².